The van der Waals surface area contributed by atoms with E-state index in [4.69, 9.17) is 57.9 Å². The minimum Gasteiger partial charge on any atom is -0.336 e. The number of aromatic nitrogens is 6. The molecule has 0 aliphatic heterocycles. The second-order valence-corrected chi connectivity index (χ2v) is 18.6. The van der Waals surface area contributed by atoms with E-state index in [1.54, 1.807) is 60.4 Å². The van der Waals surface area contributed by atoms with Crippen molar-refractivity contribution < 1.29 is 0 Å². The second-order valence-electron chi connectivity index (χ2n) is 16.8. The Morgan fingerprint density at radius 2 is 0.809 bits per heavy atom. The summed E-state index contributed by atoms with van der Waals surface area (Å²) < 4.78 is 7.10. The van der Waals surface area contributed by atoms with Gasteiger partial charge >= 0.3 is 0 Å². The molecule has 0 amide bonds. The quantitative estimate of drug-likeness (QED) is 0.156. The van der Waals surface area contributed by atoms with E-state index in [1.807, 2.05) is 157 Å². The fourth-order valence-electron chi connectivity index (χ4n) is 9.03. The average Bonchev–Trinajstić information content (AvgIpc) is 3.99. The lowest BCUT2D eigenvalue weighted by Gasteiger charge is -2.31. The summed E-state index contributed by atoms with van der Waals surface area (Å²) in [6.07, 6.45) is 7.01. The van der Waals surface area contributed by atoms with E-state index >= 15 is 0 Å². The average molecular weight is 979 g/mol. The van der Waals surface area contributed by atoms with Gasteiger partial charge in [0.2, 0.25) is 0 Å². The van der Waals surface area contributed by atoms with E-state index in [0.29, 0.717) is 20.1 Å². The van der Waals surface area contributed by atoms with Crippen molar-refractivity contribution in [3.8, 4) is 22.3 Å². The molecule has 0 aliphatic rings. The molecule has 2 atom stereocenters. The van der Waals surface area contributed by atoms with Crippen LogP contribution in [-0.2, 0) is 39.3 Å². The van der Waals surface area contributed by atoms with Gasteiger partial charge < -0.3 is 29.7 Å². The molecule has 4 aromatic heterocycles. The summed E-state index contributed by atoms with van der Waals surface area (Å²) in [6, 6.07) is 45.2. The van der Waals surface area contributed by atoms with E-state index in [9.17, 15) is 9.59 Å². The van der Waals surface area contributed by atoms with Gasteiger partial charge in [-0.3, -0.25) is 9.59 Å². The van der Waals surface area contributed by atoms with E-state index in [0.717, 1.165) is 77.7 Å². The van der Waals surface area contributed by atoms with E-state index < -0.39 is 11.1 Å². The van der Waals surface area contributed by atoms with Crippen molar-refractivity contribution in [3.63, 3.8) is 0 Å². The number of nitrogens with zero attached hydrogens (tertiary/aromatic N) is 6. The molecule has 4 heterocycles. The molecule has 0 aliphatic carbocycles. The molecule has 340 valence electrons. The highest BCUT2D eigenvalue weighted by Gasteiger charge is 2.36. The Morgan fingerprint density at radius 3 is 1.15 bits per heavy atom. The highest BCUT2D eigenvalue weighted by atomic mass is 35.5. The van der Waals surface area contributed by atoms with Gasteiger partial charge in [0, 0.05) is 71.2 Å². The molecule has 68 heavy (non-hydrogen) atoms. The molecular formula is C54H44Cl4N8O2. The number of fused-ring (bicyclic) bond motifs is 2. The lowest BCUT2D eigenvalue weighted by atomic mass is 9.80. The van der Waals surface area contributed by atoms with Gasteiger partial charge in [0.25, 0.3) is 11.1 Å². The predicted octanol–water partition coefficient (Wildman–Crippen LogP) is 11.0. The topological polar surface area (TPSA) is 132 Å². The van der Waals surface area contributed by atoms with Crippen LogP contribution < -0.4 is 22.6 Å². The van der Waals surface area contributed by atoms with Crippen molar-refractivity contribution in [1.82, 2.24) is 28.2 Å². The van der Waals surface area contributed by atoms with Gasteiger partial charge in [-0.25, -0.2) is 9.97 Å². The molecule has 6 aromatic carbocycles. The Balaban J connectivity index is 0.000000170. The zero-order chi connectivity index (χ0) is 48.1. The van der Waals surface area contributed by atoms with Crippen LogP contribution in [0.2, 0.25) is 20.1 Å². The van der Waals surface area contributed by atoms with Crippen molar-refractivity contribution in [2.75, 3.05) is 0 Å². The van der Waals surface area contributed by atoms with E-state index in [-0.39, 0.29) is 11.1 Å². The fraction of sp³-hybridized carbons (Fsp3) is 0.111. The summed E-state index contributed by atoms with van der Waals surface area (Å²) in [5.74, 6) is 0. The minimum atomic E-state index is -1.01. The number of aryl methyl sites for hydroxylation is 4. The maximum absolute atomic E-state index is 12.8. The third-order valence-electron chi connectivity index (χ3n) is 12.7. The molecule has 14 heteroatoms. The highest BCUT2D eigenvalue weighted by molar-refractivity contribution is 6.31. The van der Waals surface area contributed by atoms with Crippen LogP contribution in [0.15, 0.2) is 180 Å². The standard InChI is InChI=1S/2C27H22Cl2N4O/c2*1-32-16-31-15-25(32)27(30,18-6-9-20(28)10-7-18)19-8-11-24-23(13-19)22(14-26(34)33(24)2)17-4-3-5-21(29)12-17/h2*3-16H,30H2,1-2H3. The number of rotatable bonds is 8. The molecule has 0 saturated heterocycles. The Kier molecular flexibility index (Phi) is 12.5. The molecule has 0 spiro atoms. The highest BCUT2D eigenvalue weighted by Crippen LogP contribution is 2.40. The fourth-order valence-corrected chi connectivity index (χ4v) is 9.66. The first-order chi connectivity index (χ1) is 32.6. The summed E-state index contributed by atoms with van der Waals surface area (Å²) in [5, 5.41) is 4.26. The summed E-state index contributed by atoms with van der Waals surface area (Å²) in [6.45, 7) is 0. The first-order valence-electron chi connectivity index (χ1n) is 21.4. The van der Waals surface area contributed by atoms with Crippen LogP contribution in [0.25, 0.3) is 44.1 Å². The molecule has 0 fully saturated rings. The number of hydrogen-bond acceptors (Lipinski definition) is 6. The Morgan fingerprint density at radius 1 is 0.441 bits per heavy atom. The monoisotopic (exact) mass is 976 g/mol. The normalized spacial score (nSPS) is 13.2. The number of imidazole rings is 2. The van der Waals surface area contributed by atoms with E-state index in [2.05, 4.69) is 9.97 Å². The molecular weight excluding hydrogens is 934 g/mol. The van der Waals surface area contributed by atoms with Gasteiger partial charge in [-0.15, -0.1) is 0 Å². The predicted molar refractivity (Wildman–Crippen MR) is 277 cm³/mol. The van der Waals surface area contributed by atoms with Gasteiger partial charge in [0.15, 0.2) is 0 Å². The second kappa shape index (κ2) is 18.4. The van der Waals surface area contributed by atoms with Crippen LogP contribution in [0.1, 0.15) is 33.6 Å². The van der Waals surface area contributed by atoms with Gasteiger partial charge in [-0.1, -0.05) is 107 Å². The maximum atomic E-state index is 12.8. The zero-order valence-electron chi connectivity index (χ0n) is 37.3. The van der Waals surface area contributed by atoms with Gasteiger partial charge in [-0.2, -0.15) is 0 Å². The summed E-state index contributed by atoms with van der Waals surface area (Å²) in [7, 11) is 7.37. The SMILES string of the molecule is Cn1cncc1C(N)(c1ccc(Cl)cc1)c1ccc2c(c1)c(-c1cccc(Cl)c1)cc(=O)n2C.Cn1cncc1C(N)(c1ccc(Cl)cc1)c1ccc2c(c1)c(-c1cccc(Cl)c1)cc(=O)n2C. The van der Waals surface area contributed by atoms with Crippen molar-refractivity contribution in [2.45, 2.75) is 11.1 Å². The summed E-state index contributed by atoms with van der Waals surface area (Å²) in [4.78, 5) is 34.2. The molecule has 10 rings (SSSR count). The Hall–Kier alpha value is -6.76. The Bertz CT molecular complexity index is 3410. The molecule has 10 aromatic rings. The number of hydrogen-bond donors (Lipinski definition) is 2. The van der Waals surface area contributed by atoms with Crippen LogP contribution in [-0.4, -0.2) is 28.2 Å². The van der Waals surface area contributed by atoms with E-state index in [1.165, 1.54) is 0 Å². The first kappa shape index (κ1) is 46.4. The third-order valence-corrected chi connectivity index (χ3v) is 13.7. The van der Waals surface area contributed by atoms with Crippen molar-refractivity contribution in [1.29, 1.82) is 0 Å². The Labute approximate surface area is 412 Å². The van der Waals surface area contributed by atoms with Crippen molar-refractivity contribution in [2.24, 2.45) is 39.7 Å². The number of pyridine rings is 2. The lowest BCUT2D eigenvalue weighted by Crippen LogP contribution is -2.41. The summed E-state index contributed by atoms with van der Waals surface area (Å²) in [5.41, 5.74) is 22.3. The lowest BCUT2D eigenvalue weighted by molar-refractivity contribution is 0.596. The molecule has 4 N–H and O–H groups in total. The molecule has 10 nitrogen and oxygen atoms in total. The van der Waals surface area contributed by atoms with Gasteiger partial charge in [0.1, 0.15) is 11.1 Å². The van der Waals surface area contributed by atoms with Crippen LogP contribution in [0.5, 0.6) is 0 Å². The minimum absolute atomic E-state index is 0.0985. The molecule has 0 bridgehead atoms. The van der Waals surface area contributed by atoms with Gasteiger partial charge in [0.05, 0.1) is 47.5 Å². The number of nitrogens with two attached hydrogens (primary N) is 2. The van der Waals surface area contributed by atoms with Crippen LogP contribution >= 0.6 is 46.4 Å². The third kappa shape index (κ3) is 8.34. The molecule has 2 unspecified atom stereocenters. The molecule has 0 radical (unpaired) electrons. The van der Waals surface area contributed by atoms with Gasteiger partial charge in [-0.05, 0) is 117 Å². The first-order valence-corrected chi connectivity index (χ1v) is 22.9. The largest absolute Gasteiger partial charge is 0.336 e. The van der Waals surface area contributed by atoms with Crippen LogP contribution in [0, 0.1) is 0 Å². The molecule has 0 saturated carbocycles. The smallest absolute Gasteiger partial charge is 0.251 e. The summed E-state index contributed by atoms with van der Waals surface area (Å²) >= 11 is 24.9. The number of benzene rings is 6. The van der Waals surface area contributed by atoms with Crippen molar-refractivity contribution in [3.05, 3.63) is 245 Å². The maximum Gasteiger partial charge on any atom is 0.251 e. The van der Waals surface area contributed by atoms with Crippen molar-refractivity contribution >= 4 is 68.2 Å². The van der Waals surface area contributed by atoms with Crippen LogP contribution in [0.3, 0.4) is 0 Å². The zero-order valence-corrected chi connectivity index (χ0v) is 40.4. The van der Waals surface area contributed by atoms with Crippen LogP contribution in [0.4, 0.5) is 0 Å². The number of halogens is 4.